The monoisotopic (exact) mass is 497 g/mol. The molecule has 0 bridgehead atoms. The number of hydrogen-bond donors (Lipinski definition) is 0. The first-order chi connectivity index (χ1) is 11.3. The molecule has 0 unspecified atom stereocenters. The molecule has 136 valence electrons. The minimum atomic E-state index is -1.36. The molecule has 0 radical (unpaired) electrons. The Labute approximate surface area is 168 Å². The van der Waals surface area contributed by atoms with Crippen molar-refractivity contribution in [1.82, 2.24) is 0 Å². The molecule has 0 nitrogen and oxygen atoms in total. The van der Waals surface area contributed by atoms with Crippen molar-refractivity contribution in [2.45, 2.75) is 58.9 Å². The van der Waals surface area contributed by atoms with Crippen LogP contribution in [0.25, 0.3) is 0 Å². The van der Waals surface area contributed by atoms with Crippen LogP contribution in [0.2, 0.25) is 58.9 Å². The van der Waals surface area contributed by atoms with Crippen LogP contribution in [-0.4, -0.2) is 24.2 Å². The summed E-state index contributed by atoms with van der Waals surface area (Å²) in [6.07, 6.45) is 0. The zero-order valence-corrected chi connectivity index (χ0v) is 22.6. The first-order valence-corrected chi connectivity index (χ1v) is 21.9. The average Bonchev–Trinajstić information content (AvgIpc) is 2.44. The van der Waals surface area contributed by atoms with Gasteiger partial charge in [-0.3, -0.25) is 0 Å². The molecule has 0 heterocycles. The van der Waals surface area contributed by atoms with Crippen molar-refractivity contribution in [3.63, 3.8) is 0 Å². The predicted molar refractivity (Wildman–Crippen MR) is 119 cm³/mol. The lowest BCUT2D eigenvalue weighted by Gasteiger charge is -2.30. The number of halogens is 1. The SMILES string of the molecule is C[Si](C)(C)c1cc([Si](C)(C)C)c([Si](C)(C)C)cc1[I+]c1ccccc1. The summed E-state index contributed by atoms with van der Waals surface area (Å²) in [5.74, 6) is 0. The van der Waals surface area contributed by atoms with Crippen molar-refractivity contribution in [3.8, 4) is 0 Å². The first-order valence-electron chi connectivity index (χ1n) is 9.19. The van der Waals surface area contributed by atoms with E-state index < -0.39 is 24.2 Å². The summed E-state index contributed by atoms with van der Waals surface area (Å²) in [4.78, 5) is 0. The molecule has 0 fully saturated rings. The minimum absolute atomic E-state index is 0.101. The molecule has 0 spiro atoms. The number of benzene rings is 2. The number of hydrogen-bond acceptors (Lipinski definition) is 0. The number of rotatable bonds is 5. The Morgan fingerprint density at radius 2 is 1.00 bits per heavy atom. The third-order valence-corrected chi connectivity index (χ3v) is 14.1. The van der Waals surface area contributed by atoms with E-state index in [1.165, 1.54) is 0 Å². The van der Waals surface area contributed by atoms with Gasteiger partial charge in [0, 0.05) is 0 Å². The fourth-order valence-corrected chi connectivity index (χ4v) is 15.1. The molecule has 0 aliphatic heterocycles. The zero-order chi connectivity index (χ0) is 19.0. The largest absolute Gasteiger partial charge is 0.357 e. The van der Waals surface area contributed by atoms with E-state index in [0.717, 1.165) is 0 Å². The van der Waals surface area contributed by atoms with Crippen molar-refractivity contribution in [2.75, 3.05) is 0 Å². The highest BCUT2D eigenvalue weighted by Crippen LogP contribution is 2.09. The van der Waals surface area contributed by atoms with Crippen molar-refractivity contribution in [2.24, 2.45) is 0 Å². The molecule has 2 aromatic carbocycles. The second-order valence-electron chi connectivity index (χ2n) is 10.0. The van der Waals surface area contributed by atoms with E-state index in [1.807, 2.05) is 0 Å². The lowest BCUT2D eigenvalue weighted by atomic mass is 10.3. The van der Waals surface area contributed by atoms with Gasteiger partial charge in [-0.2, -0.15) is 0 Å². The van der Waals surface area contributed by atoms with Crippen molar-refractivity contribution in [3.05, 3.63) is 49.6 Å². The molecule has 2 aromatic rings. The highest BCUT2D eigenvalue weighted by Gasteiger charge is 2.35. The molecular formula is C21H34ISi3+. The van der Waals surface area contributed by atoms with Gasteiger partial charge in [0.15, 0.2) is 7.14 Å². The van der Waals surface area contributed by atoms with Crippen LogP contribution in [0.15, 0.2) is 42.5 Å². The highest BCUT2D eigenvalue weighted by molar-refractivity contribution is 6.99. The van der Waals surface area contributed by atoms with Crippen molar-refractivity contribution in [1.29, 1.82) is 0 Å². The van der Waals surface area contributed by atoms with Crippen LogP contribution in [0.5, 0.6) is 0 Å². The van der Waals surface area contributed by atoms with Gasteiger partial charge in [-0.05, 0) is 23.4 Å². The summed E-state index contributed by atoms with van der Waals surface area (Å²) < 4.78 is 3.24. The molecule has 25 heavy (non-hydrogen) atoms. The van der Waals surface area contributed by atoms with Gasteiger partial charge in [0.05, 0.1) is 24.2 Å². The molecule has 0 amide bonds. The Balaban J connectivity index is 2.72. The van der Waals surface area contributed by atoms with Gasteiger partial charge in [0.1, 0.15) is 0 Å². The molecule has 0 aliphatic rings. The minimum Gasteiger partial charge on any atom is -0.0656 e. The van der Waals surface area contributed by atoms with Gasteiger partial charge in [-0.1, -0.05) is 93.6 Å². The van der Waals surface area contributed by atoms with E-state index in [0.29, 0.717) is 0 Å². The van der Waals surface area contributed by atoms with Gasteiger partial charge in [-0.25, -0.2) is 0 Å². The van der Waals surface area contributed by atoms with Crippen LogP contribution < -0.4 is 36.8 Å². The third kappa shape index (κ3) is 5.40. The van der Waals surface area contributed by atoms with Crippen LogP contribution in [0.3, 0.4) is 0 Å². The predicted octanol–water partition coefficient (Wildman–Crippen LogP) is 1.45. The smallest absolute Gasteiger partial charge is 0.0656 e. The fourth-order valence-electron chi connectivity index (χ4n) is 3.06. The topological polar surface area (TPSA) is 0 Å². The second-order valence-corrected chi connectivity index (χ2v) is 28.1. The molecule has 0 aliphatic carbocycles. The zero-order valence-electron chi connectivity index (χ0n) is 17.4. The quantitative estimate of drug-likeness (QED) is 0.434. The highest BCUT2D eigenvalue weighted by atomic mass is 127. The van der Waals surface area contributed by atoms with E-state index in [-0.39, 0.29) is 21.2 Å². The van der Waals surface area contributed by atoms with Crippen LogP contribution in [-0.2, 0) is 0 Å². The maximum absolute atomic E-state index is 2.68. The van der Waals surface area contributed by atoms with Gasteiger partial charge in [0.2, 0.25) is 0 Å². The van der Waals surface area contributed by atoms with Gasteiger partial charge < -0.3 is 0 Å². The summed E-state index contributed by atoms with van der Waals surface area (Å²) in [5.41, 5.74) is 0. The fraction of sp³-hybridized carbons (Fsp3) is 0.429. The summed E-state index contributed by atoms with van der Waals surface area (Å²) in [5, 5.41) is 5.20. The Morgan fingerprint density at radius 3 is 1.44 bits per heavy atom. The maximum atomic E-state index is 2.68. The van der Waals surface area contributed by atoms with Gasteiger partial charge in [0.25, 0.3) is 0 Å². The molecule has 4 heteroatoms. The third-order valence-electron chi connectivity index (χ3n) is 4.48. The van der Waals surface area contributed by atoms with E-state index in [2.05, 4.69) is 101 Å². The van der Waals surface area contributed by atoms with Crippen LogP contribution >= 0.6 is 0 Å². The molecule has 0 saturated heterocycles. The Kier molecular flexibility index (Phi) is 6.29. The molecule has 2 rings (SSSR count). The molecule has 0 N–H and O–H groups in total. The summed E-state index contributed by atoms with van der Waals surface area (Å²) >= 11 is -0.101. The first kappa shape index (κ1) is 21.1. The van der Waals surface area contributed by atoms with Crippen molar-refractivity contribution >= 4 is 39.8 Å². The lowest BCUT2D eigenvalue weighted by Crippen LogP contribution is -3.62. The van der Waals surface area contributed by atoms with Crippen molar-refractivity contribution < 1.29 is 21.2 Å². The second kappa shape index (κ2) is 7.44. The van der Waals surface area contributed by atoms with E-state index in [9.17, 15) is 0 Å². The Morgan fingerprint density at radius 1 is 0.560 bits per heavy atom. The van der Waals surface area contributed by atoms with Crippen LogP contribution in [0, 0.1) is 7.14 Å². The van der Waals surface area contributed by atoms with E-state index >= 15 is 0 Å². The standard InChI is InChI=1S/C21H34ISi3/c1-23(2,3)19-16-21(25(7,8)9)20(24(4,5)6)15-18(19)22-17-13-11-10-12-14-17/h10-16H,1-9H3/q+1. The molecule has 0 aromatic heterocycles. The lowest BCUT2D eigenvalue weighted by molar-refractivity contribution is -0.595. The normalized spacial score (nSPS) is 13.2. The van der Waals surface area contributed by atoms with E-state index in [1.54, 1.807) is 22.7 Å². The summed E-state index contributed by atoms with van der Waals surface area (Å²) in [6, 6.07) is 16.5. The summed E-state index contributed by atoms with van der Waals surface area (Å²) in [6.45, 7) is 22.7. The van der Waals surface area contributed by atoms with Gasteiger partial charge >= 0.3 is 21.2 Å². The van der Waals surface area contributed by atoms with E-state index in [4.69, 9.17) is 0 Å². The molecule has 0 atom stereocenters. The molecule has 0 saturated carbocycles. The Hall–Kier alpha value is -0.179. The van der Waals surface area contributed by atoms with Crippen LogP contribution in [0.1, 0.15) is 0 Å². The van der Waals surface area contributed by atoms with Gasteiger partial charge in [-0.15, -0.1) is 0 Å². The Bertz CT molecular complexity index is 733. The molecular weight excluding hydrogens is 463 g/mol. The average molecular weight is 498 g/mol. The maximum Gasteiger partial charge on any atom is 0.357 e. The van der Waals surface area contributed by atoms with Crippen LogP contribution in [0.4, 0.5) is 0 Å². The summed E-state index contributed by atoms with van der Waals surface area (Å²) in [7, 11) is -4.05.